The molecule has 3 fully saturated rings. The first-order chi connectivity index (χ1) is 27.2. The molecule has 0 bridgehead atoms. The Morgan fingerprint density at radius 3 is 2.55 bits per heavy atom. The minimum absolute atomic E-state index is 0.00997. The Labute approximate surface area is 330 Å². The molecule has 2 aliphatic carbocycles. The lowest BCUT2D eigenvalue weighted by molar-refractivity contribution is -0.145. The van der Waals surface area contributed by atoms with Crippen LogP contribution in [-0.2, 0) is 37.0 Å². The highest BCUT2D eigenvalue weighted by Crippen LogP contribution is 2.50. The molecule has 1 aromatic carbocycles. The number of hydrogen-bond acceptors (Lipinski definition) is 9. The monoisotopic (exact) mass is 841 g/mol. The van der Waals surface area contributed by atoms with Crippen LogP contribution in [0.1, 0.15) is 82.4 Å². The van der Waals surface area contributed by atoms with Crippen molar-refractivity contribution in [2.24, 2.45) is 5.92 Å². The molecule has 5 atom stereocenters. The van der Waals surface area contributed by atoms with Crippen LogP contribution in [0.15, 0.2) is 30.4 Å². The topological polar surface area (TPSA) is 185 Å². The number of ether oxygens (including phenoxy) is 2. The summed E-state index contributed by atoms with van der Waals surface area (Å²) in [6.07, 6.45) is -4.99. The number of benzene rings is 1. The molecular weight excluding hydrogens is 798 g/mol. The molecule has 7 rings (SSSR count). The summed E-state index contributed by atoms with van der Waals surface area (Å²) in [6.45, 7) is -0.401. The minimum Gasteiger partial charge on any atom is -0.497 e. The lowest BCUT2D eigenvalue weighted by Gasteiger charge is -2.37. The first-order valence-electron chi connectivity index (χ1n) is 19.1. The van der Waals surface area contributed by atoms with E-state index in [1.807, 2.05) is 0 Å². The molecule has 3 aliphatic heterocycles. The number of aromatic nitrogens is 1. The smallest absolute Gasteiger partial charge is 0.437 e. The zero-order chi connectivity index (χ0) is 42.0. The van der Waals surface area contributed by atoms with Crippen LogP contribution < -0.4 is 19.5 Å². The number of nitrogens with zero attached hydrogens (tertiary/aromatic N) is 3. The lowest BCUT2D eigenvalue weighted by atomic mass is 9.87. The molecule has 3 N–H and O–H groups in total. The highest BCUT2D eigenvalue weighted by atomic mass is 32.2. The fraction of sp³-hybridized carbons (Fsp3) is 0.605. The van der Waals surface area contributed by atoms with Crippen molar-refractivity contribution < 1.29 is 64.1 Å². The first-order valence-corrected chi connectivity index (χ1v) is 20.6. The van der Waals surface area contributed by atoms with Crippen LogP contribution in [0.5, 0.6) is 11.5 Å². The van der Waals surface area contributed by atoms with Crippen LogP contribution in [0.4, 0.5) is 26.7 Å². The maximum absolute atomic E-state index is 14.7. The number of rotatable bonds is 7. The van der Waals surface area contributed by atoms with Gasteiger partial charge in [-0.2, -0.15) is 13.2 Å². The summed E-state index contributed by atoms with van der Waals surface area (Å²) >= 11 is 0. The summed E-state index contributed by atoms with van der Waals surface area (Å²) in [7, 11) is -2.78. The highest BCUT2D eigenvalue weighted by molar-refractivity contribution is 7.91. The summed E-state index contributed by atoms with van der Waals surface area (Å²) in [5, 5.41) is 13.0. The van der Waals surface area contributed by atoms with Crippen LogP contribution in [0.3, 0.4) is 0 Å². The molecule has 0 radical (unpaired) electrons. The van der Waals surface area contributed by atoms with E-state index < -0.39 is 111 Å². The molecular formula is C38H44F5N5O9S. The van der Waals surface area contributed by atoms with E-state index in [1.165, 1.54) is 32.2 Å². The number of carbonyl (C=O) groups is 4. The average molecular weight is 842 g/mol. The summed E-state index contributed by atoms with van der Waals surface area (Å²) in [5.74, 6) is -3.98. The van der Waals surface area contributed by atoms with Gasteiger partial charge in [0.25, 0.3) is 12.3 Å². The molecule has 316 valence electrons. The standard InChI is InChI=1S/C38H44F5N5O9S/c1-35(14-15-35)58(54,55)46-33(51)37-17-21(37)8-6-4-3-5-7-9-26(47(34(52)53)19-28(39)40)32(50)48-20-36(18-27(48)31(49)45-37)13-12-23-24-16-22(56-2)10-11-25(24)44-30(29(23)57-36)38(41,42)43/h6,8,10-11,16,21,26-28H,3-5,7,9,12-15,17-20H2,1-2H3,(H,45,49)(H,46,51)(H,52,53)/b8-6-/t21-,26+,27+,36-,37-/m1/s1. The van der Waals surface area contributed by atoms with Crippen LogP contribution in [0, 0.1) is 5.92 Å². The van der Waals surface area contributed by atoms with Crippen molar-refractivity contribution in [3.8, 4) is 11.5 Å². The Kier molecular flexibility index (Phi) is 10.6. The normalized spacial score (nSPS) is 28.9. The van der Waals surface area contributed by atoms with E-state index in [0.29, 0.717) is 48.1 Å². The summed E-state index contributed by atoms with van der Waals surface area (Å²) in [6, 6.07) is 1.02. The Balaban J connectivity index is 1.30. The predicted octanol–water partition coefficient (Wildman–Crippen LogP) is 4.93. The number of methoxy groups -OCH3 is 1. The van der Waals surface area contributed by atoms with Crippen LogP contribution in [0.25, 0.3) is 10.9 Å². The highest BCUT2D eigenvalue weighted by Gasteiger charge is 2.64. The minimum atomic E-state index is -5.01. The second kappa shape index (κ2) is 14.8. The Morgan fingerprint density at radius 2 is 1.90 bits per heavy atom. The van der Waals surface area contributed by atoms with Gasteiger partial charge in [0.2, 0.25) is 21.8 Å². The number of allylic oxidation sites excluding steroid dienone is 1. The third-order valence-corrected chi connectivity index (χ3v) is 14.4. The molecule has 1 saturated heterocycles. The van der Waals surface area contributed by atoms with Gasteiger partial charge in [0.05, 0.1) is 30.5 Å². The number of aryl methyl sites for hydroxylation is 1. The number of alkyl halides is 5. The number of fused-ring (bicyclic) bond motifs is 5. The number of carbonyl (C=O) groups excluding carboxylic acids is 3. The van der Waals surface area contributed by atoms with Crippen LogP contribution in [-0.4, -0.2) is 107 Å². The second-order valence-electron chi connectivity index (χ2n) is 16.2. The molecule has 4 heterocycles. The van der Waals surface area contributed by atoms with Crippen LogP contribution in [0.2, 0.25) is 0 Å². The third-order valence-electron chi connectivity index (χ3n) is 12.2. The van der Waals surface area contributed by atoms with Crippen molar-refractivity contribution in [1.29, 1.82) is 0 Å². The van der Waals surface area contributed by atoms with Crippen molar-refractivity contribution in [2.75, 3.05) is 20.2 Å². The Morgan fingerprint density at radius 1 is 1.16 bits per heavy atom. The molecule has 2 aromatic rings. The number of sulfonamides is 1. The molecule has 1 spiro atoms. The Bertz CT molecular complexity index is 2170. The van der Waals surface area contributed by atoms with Crippen molar-refractivity contribution >= 4 is 44.7 Å². The fourth-order valence-corrected chi connectivity index (χ4v) is 9.76. The molecule has 58 heavy (non-hydrogen) atoms. The molecule has 5 aliphatic rings. The zero-order valence-electron chi connectivity index (χ0n) is 31.7. The van der Waals surface area contributed by atoms with E-state index in [4.69, 9.17) is 9.47 Å². The largest absolute Gasteiger partial charge is 0.497 e. The molecule has 2 saturated carbocycles. The number of nitrogens with one attached hydrogen (secondary N) is 2. The summed E-state index contributed by atoms with van der Waals surface area (Å²) in [5.41, 5.74) is -4.66. The van der Waals surface area contributed by atoms with E-state index >= 15 is 0 Å². The summed E-state index contributed by atoms with van der Waals surface area (Å²) in [4.78, 5) is 60.6. The number of carboxylic acid groups (broad SMARTS) is 1. The van der Waals surface area contributed by atoms with Gasteiger partial charge in [0.15, 0.2) is 11.4 Å². The van der Waals surface area contributed by atoms with Gasteiger partial charge in [0.1, 0.15) is 29.0 Å². The van der Waals surface area contributed by atoms with E-state index in [0.717, 1.165) is 4.90 Å². The van der Waals surface area contributed by atoms with Gasteiger partial charge in [-0.1, -0.05) is 25.0 Å². The van der Waals surface area contributed by atoms with Gasteiger partial charge in [-0.25, -0.2) is 27.0 Å². The van der Waals surface area contributed by atoms with Gasteiger partial charge >= 0.3 is 12.3 Å². The van der Waals surface area contributed by atoms with Gasteiger partial charge in [-0.05, 0) is 76.5 Å². The van der Waals surface area contributed by atoms with Crippen molar-refractivity contribution in [3.63, 3.8) is 0 Å². The van der Waals surface area contributed by atoms with Gasteiger partial charge in [-0.3, -0.25) is 24.0 Å². The zero-order valence-corrected chi connectivity index (χ0v) is 32.6. The van der Waals surface area contributed by atoms with Gasteiger partial charge in [0, 0.05) is 23.3 Å². The molecule has 1 aromatic heterocycles. The molecule has 0 unspecified atom stereocenters. The number of hydrogen-bond donors (Lipinski definition) is 3. The van der Waals surface area contributed by atoms with Gasteiger partial charge < -0.3 is 24.8 Å². The summed E-state index contributed by atoms with van der Waals surface area (Å²) < 4.78 is 111. The number of halogens is 5. The van der Waals surface area contributed by atoms with Crippen molar-refractivity contribution in [1.82, 2.24) is 24.8 Å². The predicted molar refractivity (Wildman–Crippen MR) is 196 cm³/mol. The van der Waals surface area contributed by atoms with Crippen molar-refractivity contribution in [3.05, 3.63) is 41.6 Å². The molecule has 14 nitrogen and oxygen atoms in total. The van der Waals surface area contributed by atoms with E-state index in [2.05, 4.69) is 15.0 Å². The quantitative estimate of drug-likeness (QED) is 0.255. The lowest BCUT2D eigenvalue weighted by Crippen LogP contribution is -2.59. The maximum Gasteiger partial charge on any atom is 0.437 e. The first kappa shape index (κ1) is 41.4. The second-order valence-corrected chi connectivity index (χ2v) is 18.4. The van der Waals surface area contributed by atoms with E-state index in [-0.39, 0.29) is 43.2 Å². The maximum atomic E-state index is 14.7. The van der Waals surface area contributed by atoms with E-state index in [1.54, 1.807) is 12.2 Å². The molecule has 4 amide bonds. The molecule has 20 heteroatoms. The van der Waals surface area contributed by atoms with E-state index in [9.17, 15) is 54.7 Å². The Hall–Kier alpha value is -4.75. The average Bonchev–Trinajstić information content (AvgIpc) is 4.05. The fourth-order valence-electron chi connectivity index (χ4n) is 8.45. The van der Waals surface area contributed by atoms with Crippen molar-refractivity contribution in [2.45, 2.75) is 118 Å². The van der Waals surface area contributed by atoms with Crippen LogP contribution >= 0.6 is 0 Å². The number of pyridine rings is 1. The number of amides is 4. The third kappa shape index (κ3) is 7.63. The SMILES string of the molecule is COc1ccc2nc(C(F)(F)F)c3c(c2c1)CC[C@]1(C[C@H]2C(=O)N[C@]4(C(=O)NS(=O)(=O)C5(C)CC5)C[C@H]4/C=C\CCCCC[C@H](N(CC(F)F)C(=O)O)C(=O)N2C1)O3. The van der Waals surface area contributed by atoms with Gasteiger partial charge in [-0.15, -0.1) is 0 Å².